The van der Waals surface area contributed by atoms with Crippen LogP contribution in [-0.4, -0.2) is 23.7 Å². The third kappa shape index (κ3) is 2.04. The minimum absolute atomic E-state index is 0.167. The summed E-state index contributed by atoms with van der Waals surface area (Å²) in [5.74, 6) is 0.351. The zero-order valence-electron chi connectivity index (χ0n) is 12.9. The maximum atomic E-state index is 13.0. The number of hydrogen-bond acceptors (Lipinski definition) is 4. The van der Waals surface area contributed by atoms with Crippen molar-refractivity contribution in [2.45, 2.75) is 0 Å². The van der Waals surface area contributed by atoms with Crippen LogP contribution in [0.1, 0.15) is 32.0 Å². The highest BCUT2D eigenvalue weighted by Crippen LogP contribution is 2.33. The number of pyridine rings is 1. The molecule has 0 fully saturated rings. The first-order valence-corrected chi connectivity index (χ1v) is 7.52. The van der Waals surface area contributed by atoms with Crippen molar-refractivity contribution in [2.24, 2.45) is 0 Å². The third-order valence-corrected chi connectivity index (χ3v) is 4.21. The number of carbonyl (C=O) groups excluding carboxylic acids is 2. The van der Waals surface area contributed by atoms with Crippen LogP contribution in [0.3, 0.4) is 0 Å². The molecular formula is C20H13NO3. The normalized spacial score (nSPS) is 12.5. The number of rotatable bonds is 2. The third-order valence-electron chi connectivity index (χ3n) is 4.21. The fourth-order valence-corrected chi connectivity index (χ4v) is 3.02. The standard InChI is InChI=1S/C20H13NO3/c1-24-13-8-6-12(7-9-13)14-10-11-21-18-17(14)19(22)15-4-2-3-5-16(15)20(18)23/h2-11H,1H3. The smallest absolute Gasteiger partial charge is 0.212 e. The van der Waals surface area contributed by atoms with Crippen LogP contribution in [0, 0.1) is 0 Å². The van der Waals surface area contributed by atoms with Gasteiger partial charge in [-0.05, 0) is 29.3 Å². The second-order valence-electron chi connectivity index (χ2n) is 5.51. The number of hydrogen-bond donors (Lipinski definition) is 0. The summed E-state index contributed by atoms with van der Waals surface area (Å²) in [7, 11) is 1.60. The van der Waals surface area contributed by atoms with Crippen LogP contribution in [0.25, 0.3) is 11.1 Å². The van der Waals surface area contributed by atoms with Gasteiger partial charge >= 0.3 is 0 Å². The zero-order valence-corrected chi connectivity index (χ0v) is 12.9. The fourth-order valence-electron chi connectivity index (χ4n) is 3.02. The van der Waals surface area contributed by atoms with Crippen LogP contribution in [0.15, 0.2) is 60.8 Å². The van der Waals surface area contributed by atoms with Gasteiger partial charge in [-0.2, -0.15) is 0 Å². The van der Waals surface area contributed by atoms with Crippen molar-refractivity contribution in [3.63, 3.8) is 0 Å². The summed E-state index contributed by atoms with van der Waals surface area (Å²) in [5, 5.41) is 0. The van der Waals surface area contributed by atoms with Gasteiger partial charge in [0.2, 0.25) is 5.78 Å². The minimum atomic E-state index is -0.212. The molecule has 0 unspecified atom stereocenters. The monoisotopic (exact) mass is 315 g/mol. The largest absolute Gasteiger partial charge is 0.497 e. The number of nitrogens with zero attached hydrogens (tertiary/aromatic N) is 1. The van der Waals surface area contributed by atoms with E-state index in [1.54, 1.807) is 43.6 Å². The number of methoxy groups -OCH3 is 1. The molecule has 0 atom stereocenters. The lowest BCUT2D eigenvalue weighted by atomic mass is 9.83. The number of ketones is 2. The van der Waals surface area contributed by atoms with Gasteiger partial charge in [0, 0.05) is 17.3 Å². The SMILES string of the molecule is COc1ccc(-c2ccnc3c2C(=O)c2ccccc2C3=O)cc1. The molecule has 0 N–H and O–H groups in total. The summed E-state index contributed by atoms with van der Waals surface area (Å²) in [6.07, 6.45) is 1.57. The molecule has 1 aliphatic rings. The molecule has 3 aromatic rings. The quantitative estimate of drug-likeness (QED) is 0.568. The van der Waals surface area contributed by atoms with Crippen molar-refractivity contribution in [3.05, 3.63) is 83.2 Å². The van der Waals surface area contributed by atoms with E-state index in [9.17, 15) is 9.59 Å². The molecule has 0 saturated heterocycles. The Labute approximate surface area is 138 Å². The summed E-state index contributed by atoms with van der Waals surface area (Å²) in [6.45, 7) is 0. The molecule has 0 saturated carbocycles. The van der Waals surface area contributed by atoms with E-state index in [0.29, 0.717) is 22.3 Å². The summed E-state index contributed by atoms with van der Waals surface area (Å²) < 4.78 is 5.17. The van der Waals surface area contributed by atoms with Crippen LogP contribution in [0.4, 0.5) is 0 Å². The van der Waals surface area contributed by atoms with E-state index >= 15 is 0 Å². The Morgan fingerprint density at radius 1 is 0.792 bits per heavy atom. The molecule has 4 rings (SSSR count). The van der Waals surface area contributed by atoms with Crippen molar-refractivity contribution < 1.29 is 14.3 Å². The van der Waals surface area contributed by atoms with Gasteiger partial charge < -0.3 is 4.74 Å². The first kappa shape index (κ1) is 14.3. The Balaban J connectivity index is 1.94. The second-order valence-corrected chi connectivity index (χ2v) is 5.51. The molecule has 1 aliphatic carbocycles. The fraction of sp³-hybridized carbons (Fsp3) is 0.0500. The molecule has 0 amide bonds. The molecule has 4 nitrogen and oxygen atoms in total. The van der Waals surface area contributed by atoms with Crippen molar-refractivity contribution in [1.82, 2.24) is 4.98 Å². The molecule has 1 aromatic heterocycles. The first-order chi connectivity index (χ1) is 11.7. The van der Waals surface area contributed by atoms with E-state index in [1.807, 2.05) is 24.3 Å². The zero-order chi connectivity index (χ0) is 16.7. The minimum Gasteiger partial charge on any atom is -0.497 e. The van der Waals surface area contributed by atoms with Crippen LogP contribution in [0.5, 0.6) is 5.75 Å². The molecule has 2 aromatic carbocycles. The van der Waals surface area contributed by atoms with Gasteiger partial charge in [-0.1, -0.05) is 36.4 Å². The number of carbonyl (C=O) groups is 2. The van der Waals surface area contributed by atoms with Gasteiger partial charge in [-0.25, -0.2) is 0 Å². The van der Waals surface area contributed by atoms with Crippen molar-refractivity contribution in [3.8, 4) is 16.9 Å². The van der Waals surface area contributed by atoms with E-state index in [-0.39, 0.29) is 17.3 Å². The van der Waals surface area contributed by atoms with Crippen LogP contribution < -0.4 is 4.74 Å². The lowest BCUT2D eigenvalue weighted by Crippen LogP contribution is -2.23. The molecule has 1 heterocycles. The Morgan fingerprint density at radius 3 is 2.12 bits per heavy atom. The molecule has 0 spiro atoms. The Kier molecular flexibility index (Phi) is 3.24. The number of aromatic nitrogens is 1. The summed E-state index contributed by atoms with van der Waals surface area (Å²) in [6, 6.07) is 16.0. The van der Waals surface area contributed by atoms with Crippen LogP contribution >= 0.6 is 0 Å². The summed E-state index contributed by atoms with van der Waals surface area (Å²) >= 11 is 0. The first-order valence-electron chi connectivity index (χ1n) is 7.52. The topological polar surface area (TPSA) is 56.3 Å². The van der Waals surface area contributed by atoms with Crippen LogP contribution in [-0.2, 0) is 0 Å². The van der Waals surface area contributed by atoms with E-state index < -0.39 is 0 Å². The Morgan fingerprint density at radius 2 is 1.46 bits per heavy atom. The van der Waals surface area contributed by atoms with Crippen molar-refractivity contribution in [2.75, 3.05) is 7.11 Å². The van der Waals surface area contributed by atoms with E-state index in [4.69, 9.17) is 4.74 Å². The highest BCUT2D eigenvalue weighted by Gasteiger charge is 2.32. The maximum Gasteiger partial charge on any atom is 0.212 e. The molecular weight excluding hydrogens is 302 g/mol. The number of benzene rings is 2. The molecule has 0 radical (unpaired) electrons. The van der Waals surface area contributed by atoms with Crippen molar-refractivity contribution in [1.29, 1.82) is 0 Å². The van der Waals surface area contributed by atoms with E-state index in [1.165, 1.54) is 0 Å². The second kappa shape index (κ2) is 5.42. The average molecular weight is 315 g/mol. The number of ether oxygens (including phenoxy) is 1. The molecule has 0 aliphatic heterocycles. The highest BCUT2D eigenvalue weighted by molar-refractivity contribution is 6.29. The van der Waals surface area contributed by atoms with Gasteiger partial charge in [0.15, 0.2) is 5.78 Å². The van der Waals surface area contributed by atoms with Crippen molar-refractivity contribution >= 4 is 11.6 Å². The Hall–Kier alpha value is -3.27. The van der Waals surface area contributed by atoms with Gasteiger partial charge in [0.1, 0.15) is 11.4 Å². The predicted molar refractivity (Wildman–Crippen MR) is 89.5 cm³/mol. The Bertz CT molecular complexity index is 974. The van der Waals surface area contributed by atoms with E-state index in [0.717, 1.165) is 11.3 Å². The maximum absolute atomic E-state index is 13.0. The summed E-state index contributed by atoms with van der Waals surface area (Å²) in [5.41, 5.74) is 2.97. The lowest BCUT2D eigenvalue weighted by Gasteiger charge is -2.19. The average Bonchev–Trinajstić information content (AvgIpc) is 2.65. The van der Waals surface area contributed by atoms with Gasteiger partial charge in [-0.15, -0.1) is 0 Å². The number of fused-ring (bicyclic) bond motifs is 2. The van der Waals surface area contributed by atoms with Gasteiger partial charge in [-0.3, -0.25) is 14.6 Å². The molecule has 0 bridgehead atoms. The van der Waals surface area contributed by atoms with Crippen LogP contribution in [0.2, 0.25) is 0 Å². The predicted octanol–water partition coefficient (Wildman–Crippen LogP) is 3.53. The lowest BCUT2D eigenvalue weighted by molar-refractivity contribution is 0.0976. The molecule has 4 heteroatoms. The summed E-state index contributed by atoms with van der Waals surface area (Å²) in [4.78, 5) is 29.8. The van der Waals surface area contributed by atoms with Gasteiger partial charge in [0.25, 0.3) is 0 Å². The molecule has 24 heavy (non-hydrogen) atoms. The molecule has 116 valence electrons. The van der Waals surface area contributed by atoms with Gasteiger partial charge in [0.05, 0.1) is 12.7 Å². The van der Waals surface area contributed by atoms with E-state index in [2.05, 4.69) is 4.98 Å². The highest BCUT2D eigenvalue weighted by atomic mass is 16.5.